The lowest BCUT2D eigenvalue weighted by Gasteiger charge is -2.40. The van der Waals surface area contributed by atoms with Gasteiger partial charge in [-0.2, -0.15) is 13.2 Å². The van der Waals surface area contributed by atoms with Gasteiger partial charge in [0.1, 0.15) is 6.10 Å². The highest BCUT2D eigenvalue weighted by Crippen LogP contribution is 2.50. The van der Waals surface area contributed by atoms with Crippen LogP contribution < -0.4 is 0 Å². The number of halogens is 3. The molecule has 1 aromatic heterocycles. The molecule has 0 aliphatic heterocycles. The van der Waals surface area contributed by atoms with Gasteiger partial charge in [-0.05, 0) is 96.5 Å². The Morgan fingerprint density at radius 1 is 1.07 bits per heavy atom. The summed E-state index contributed by atoms with van der Waals surface area (Å²) in [4.78, 5) is 5.19. The molecule has 220 valence electrons. The van der Waals surface area contributed by atoms with Crippen LogP contribution >= 0.6 is 0 Å². The van der Waals surface area contributed by atoms with E-state index in [-0.39, 0.29) is 22.3 Å². The zero-order chi connectivity index (χ0) is 29.8. The minimum Gasteiger partial charge on any atom is -0.546 e. The van der Waals surface area contributed by atoms with Crippen molar-refractivity contribution in [1.29, 1.82) is 0 Å². The molecule has 0 unspecified atom stereocenters. The van der Waals surface area contributed by atoms with Crippen molar-refractivity contribution in [3.05, 3.63) is 75.3 Å². The lowest BCUT2D eigenvalue weighted by molar-refractivity contribution is -0.137. The fraction of sp³-hybridized carbons (Fsp3) is 0.606. The number of hydrogen-bond acceptors (Lipinski definition) is 3. The Morgan fingerprint density at radius 2 is 1.70 bits per heavy atom. The van der Waals surface area contributed by atoms with Gasteiger partial charge in [-0.25, -0.2) is 0 Å². The van der Waals surface area contributed by atoms with E-state index in [1.54, 1.807) is 0 Å². The molecule has 7 heteroatoms. The van der Waals surface area contributed by atoms with E-state index in [9.17, 15) is 18.3 Å². The van der Waals surface area contributed by atoms with Crippen LogP contribution in [-0.4, -0.2) is 18.4 Å². The van der Waals surface area contributed by atoms with Crippen molar-refractivity contribution in [2.45, 2.75) is 123 Å². The van der Waals surface area contributed by atoms with E-state index < -0.39 is 26.2 Å². The van der Waals surface area contributed by atoms with Crippen LogP contribution in [0.2, 0.25) is 18.1 Å². The summed E-state index contributed by atoms with van der Waals surface area (Å²) in [7, 11) is -2.12. The van der Waals surface area contributed by atoms with Crippen molar-refractivity contribution in [2.75, 3.05) is 0 Å². The molecule has 0 spiro atoms. The van der Waals surface area contributed by atoms with Crippen molar-refractivity contribution < 1.29 is 22.7 Å². The number of hydrogen-bond donors (Lipinski definition) is 1. The molecule has 1 N–H and O–H groups in total. The Morgan fingerprint density at radius 3 is 2.25 bits per heavy atom. The predicted octanol–water partition coefficient (Wildman–Crippen LogP) is 9.60. The van der Waals surface area contributed by atoms with Gasteiger partial charge >= 0.3 is 6.18 Å². The number of alkyl halides is 3. The summed E-state index contributed by atoms with van der Waals surface area (Å²) in [6, 6.07) is 4.93. The zero-order valence-electron chi connectivity index (χ0n) is 25.6. The molecule has 0 amide bonds. The maximum atomic E-state index is 13.3. The van der Waals surface area contributed by atoms with Crippen molar-refractivity contribution in [1.82, 2.24) is 4.98 Å². The average molecular weight is 574 g/mol. The number of fused-ring (bicyclic) bond motifs is 1. The lowest BCUT2D eigenvalue weighted by atomic mass is 9.71. The number of aliphatic hydroxyl groups is 1. The Bertz CT molecular complexity index is 1270. The monoisotopic (exact) mass is 573 g/mol. The van der Waals surface area contributed by atoms with Crippen LogP contribution in [0.15, 0.2) is 36.1 Å². The fourth-order valence-corrected chi connectivity index (χ4v) is 6.95. The van der Waals surface area contributed by atoms with Crippen LogP contribution in [0, 0.1) is 5.41 Å². The van der Waals surface area contributed by atoms with Crippen LogP contribution in [0.25, 0.3) is 0 Å². The molecule has 2 aliphatic rings. The van der Waals surface area contributed by atoms with Crippen LogP contribution in [0.3, 0.4) is 0 Å². The van der Waals surface area contributed by atoms with Gasteiger partial charge in [-0.1, -0.05) is 60.6 Å². The maximum absolute atomic E-state index is 13.3. The molecule has 0 bridgehead atoms. The molecule has 1 heterocycles. The summed E-state index contributed by atoms with van der Waals surface area (Å²) in [5.74, 6) is 1.01. The molecule has 40 heavy (non-hydrogen) atoms. The van der Waals surface area contributed by atoms with Gasteiger partial charge in [0, 0.05) is 22.9 Å². The summed E-state index contributed by atoms with van der Waals surface area (Å²) in [6.07, 6.45) is 1.21. The number of pyridine rings is 1. The summed E-state index contributed by atoms with van der Waals surface area (Å²) >= 11 is 0. The third-order valence-electron chi connectivity index (χ3n) is 9.24. The molecule has 2 atom stereocenters. The normalized spacial score (nSPS) is 20.4. The maximum Gasteiger partial charge on any atom is 0.416 e. The van der Waals surface area contributed by atoms with Crippen LogP contribution in [0.1, 0.15) is 125 Å². The Kier molecular flexibility index (Phi) is 8.18. The highest BCUT2D eigenvalue weighted by Gasteiger charge is 2.43. The molecule has 4 rings (SSSR count). The number of aromatic nitrogens is 1. The molecular formula is C33H46F3NO2Si. The van der Waals surface area contributed by atoms with E-state index in [1.807, 2.05) is 0 Å². The van der Waals surface area contributed by atoms with Crippen LogP contribution in [0.4, 0.5) is 13.2 Å². The quantitative estimate of drug-likeness (QED) is 0.350. The first-order chi connectivity index (χ1) is 18.3. The SMILES string of the molecule is CC(C)c1nc2c(c([C@@H]3CCC=C3O[Si](C)(C)C(C)(C)C)c1[C@@H](O)c1ccc(C(F)(F)F)cc1)CCC(C)(C)C2. The first kappa shape index (κ1) is 30.8. The van der Waals surface area contributed by atoms with E-state index >= 15 is 0 Å². The standard InChI is InChI=1S/C33H46F3NO2Si/c1-20(2)29-28(30(38)21-13-15-22(16-14-21)33(34,35)36)27(23-17-18-32(6,7)19-25(23)37-29)24-11-10-12-26(24)39-40(8,9)31(3,4)5/h12-16,20,24,30,38H,10-11,17-19H2,1-9H3/t24-,30+/m1/s1. The number of benzene rings is 1. The summed E-state index contributed by atoms with van der Waals surface area (Å²) < 4.78 is 46.8. The smallest absolute Gasteiger partial charge is 0.416 e. The number of nitrogens with zero attached hydrogens (tertiary/aromatic N) is 1. The second-order valence-corrected chi connectivity index (χ2v) is 19.1. The zero-order valence-corrected chi connectivity index (χ0v) is 26.6. The first-order valence-electron chi connectivity index (χ1n) is 14.6. The largest absolute Gasteiger partial charge is 0.546 e. The van der Waals surface area contributed by atoms with E-state index in [2.05, 4.69) is 67.6 Å². The topological polar surface area (TPSA) is 42.4 Å². The Hall–Kier alpha value is -2.12. The lowest BCUT2D eigenvalue weighted by Crippen LogP contribution is -2.41. The summed E-state index contributed by atoms with van der Waals surface area (Å²) in [5.41, 5.74) is 4.83. The average Bonchev–Trinajstić information content (AvgIpc) is 3.27. The molecule has 3 nitrogen and oxygen atoms in total. The fourth-order valence-electron chi connectivity index (χ4n) is 5.83. The van der Waals surface area contributed by atoms with E-state index in [4.69, 9.17) is 9.41 Å². The number of aliphatic hydroxyl groups excluding tert-OH is 1. The highest BCUT2D eigenvalue weighted by molar-refractivity contribution is 6.74. The Labute approximate surface area is 239 Å². The minimum absolute atomic E-state index is 0.0105. The molecule has 0 fully saturated rings. The van der Waals surface area contributed by atoms with Gasteiger partial charge in [0.05, 0.1) is 11.3 Å². The van der Waals surface area contributed by atoms with Crippen LogP contribution in [-0.2, 0) is 23.4 Å². The second-order valence-electron chi connectivity index (χ2n) is 14.4. The third-order valence-corrected chi connectivity index (χ3v) is 13.6. The van der Waals surface area contributed by atoms with Gasteiger partial charge in [-0.3, -0.25) is 4.98 Å². The first-order valence-corrected chi connectivity index (χ1v) is 17.5. The van der Waals surface area contributed by atoms with Crippen LogP contribution in [0.5, 0.6) is 0 Å². The van der Waals surface area contributed by atoms with Crippen molar-refractivity contribution in [2.24, 2.45) is 5.41 Å². The Balaban J connectivity index is 1.92. The molecule has 0 saturated carbocycles. The van der Waals surface area contributed by atoms with Crippen molar-refractivity contribution in [3.8, 4) is 0 Å². The van der Waals surface area contributed by atoms with Crippen molar-refractivity contribution in [3.63, 3.8) is 0 Å². The second kappa shape index (κ2) is 10.6. The van der Waals surface area contributed by atoms with Gasteiger partial charge in [0.25, 0.3) is 0 Å². The van der Waals surface area contributed by atoms with Gasteiger partial charge in [-0.15, -0.1) is 0 Å². The molecule has 0 saturated heterocycles. The van der Waals surface area contributed by atoms with Gasteiger partial charge in [0.15, 0.2) is 0 Å². The highest BCUT2D eigenvalue weighted by atomic mass is 28.4. The van der Waals surface area contributed by atoms with Gasteiger partial charge < -0.3 is 9.53 Å². The minimum atomic E-state index is -4.43. The molecular weight excluding hydrogens is 527 g/mol. The number of allylic oxidation sites excluding steroid dienone is 2. The molecule has 0 radical (unpaired) electrons. The number of rotatable bonds is 6. The van der Waals surface area contributed by atoms with E-state index in [0.717, 1.165) is 72.5 Å². The summed E-state index contributed by atoms with van der Waals surface area (Å²) in [5, 5.41) is 12.0. The molecule has 2 aromatic rings. The third kappa shape index (κ3) is 6.06. The van der Waals surface area contributed by atoms with Gasteiger partial charge in [0.2, 0.25) is 8.32 Å². The molecule has 1 aromatic carbocycles. The summed E-state index contributed by atoms with van der Waals surface area (Å²) in [6.45, 7) is 19.9. The van der Waals surface area contributed by atoms with E-state index in [1.165, 1.54) is 17.7 Å². The molecule has 2 aliphatic carbocycles. The van der Waals surface area contributed by atoms with E-state index in [0.29, 0.717) is 5.56 Å². The predicted molar refractivity (Wildman–Crippen MR) is 158 cm³/mol. The van der Waals surface area contributed by atoms with Crippen molar-refractivity contribution >= 4 is 8.32 Å².